The molecule has 6 unspecified atom stereocenters. The lowest BCUT2D eigenvalue weighted by atomic mass is 10.1. The van der Waals surface area contributed by atoms with Crippen LogP contribution in [0.3, 0.4) is 0 Å². The number of amides is 5. The number of terminal acetylenes is 5. The number of halogens is 5. The Labute approximate surface area is 729 Å². The fraction of sp³-hybridized carbons (Fsp3) is 0.312. The number of nitrogens with zero attached hydrogens (tertiary/aromatic N) is 20. The zero-order valence-electron chi connectivity index (χ0n) is 65.9. The van der Waals surface area contributed by atoms with Gasteiger partial charge in [0.1, 0.15) is 44.7 Å². The van der Waals surface area contributed by atoms with Crippen LogP contribution in [-0.4, -0.2) is 211 Å². The van der Waals surface area contributed by atoms with E-state index in [2.05, 4.69) is 100 Å². The van der Waals surface area contributed by atoms with Gasteiger partial charge in [0, 0.05) is 94.7 Å². The van der Waals surface area contributed by atoms with E-state index in [-0.39, 0.29) is 98.8 Å². The molecule has 0 saturated heterocycles. The van der Waals surface area contributed by atoms with Gasteiger partial charge in [-0.2, -0.15) is 49.0 Å². The summed E-state index contributed by atoms with van der Waals surface area (Å²) in [5, 5.41) is 20.4. The first-order chi connectivity index (χ1) is 56.8. The number of rotatable bonds is 29. The van der Waals surface area contributed by atoms with Crippen LogP contribution in [0, 0.1) is 73.6 Å². The minimum Gasteiger partial charge on any atom is -0.296 e. The summed E-state index contributed by atoms with van der Waals surface area (Å²) in [7, 11) is -6.16. The molecule has 39 heteroatoms. The van der Waals surface area contributed by atoms with Gasteiger partial charge in [-0.05, 0) is 112 Å². The Morgan fingerprint density at radius 1 is 0.471 bits per heavy atom. The molecule has 5 amide bonds. The van der Waals surface area contributed by atoms with Crippen LogP contribution in [0.5, 0.6) is 0 Å². The third kappa shape index (κ3) is 27.2. The minimum absolute atomic E-state index is 0.0127. The van der Waals surface area contributed by atoms with Crippen molar-refractivity contribution in [2.24, 2.45) is 11.8 Å². The molecule has 0 aromatic carbocycles. The highest BCUT2D eigenvalue weighted by Crippen LogP contribution is 2.41. The predicted molar refractivity (Wildman–Crippen MR) is 476 cm³/mol. The second kappa shape index (κ2) is 46.6. The van der Waals surface area contributed by atoms with Crippen LogP contribution in [0.1, 0.15) is 53.4 Å². The summed E-state index contributed by atoms with van der Waals surface area (Å²) in [6.45, 7) is 7.33. The van der Waals surface area contributed by atoms with Crippen molar-refractivity contribution < 1.29 is 40.8 Å². The fourth-order valence-corrected chi connectivity index (χ4v) is 15.1. The highest BCUT2D eigenvalue weighted by molar-refractivity contribution is 7.99. The smallest absolute Gasteiger partial charge is 0.246 e. The van der Waals surface area contributed by atoms with E-state index in [0.29, 0.717) is 69.7 Å². The number of hydrogen-bond acceptors (Lipinski definition) is 21. The molecule has 1 aliphatic rings. The minimum atomic E-state index is -3.57. The first-order valence-electron chi connectivity index (χ1n) is 35.7. The molecule has 0 N–H and O–H groups in total. The highest BCUT2D eigenvalue weighted by atomic mass is 35.5. The van der Waals surface area contributed by atoms with Crippen LogP contribution in [0.4, 0.5) is 28.4 Å². The van der Waals surface area contributed by atoms with Crippen molar-refractivity contribution in [2.75, 3.05) is 94.3 Å². The molecule has 6 atom stereocenters. The van der Waals surface area contributed by atoms with Gasteiger partial charge in [-0.3, -0.25) is 81.8 Å². The Hall–Kier alpha value is -10.7. The van der Waals surface area contributed by atoms with Gasteiger partial charge in [0.15, 0.2) is 35.6 Å². The highest BCUT2D eigenvalue weighted by Gasteiger charge is 2.36. The summed E-state index contributed by atoms with van der Waals surface area (Å²) in [5.41, 5.74) is 5.57. The predicted octanol–water partition coefficient (Wildman–Crippen LogP) is 11.3. The summed E-state index contributed by atoms with van der Waals surface area (Å²) in [5.74, 6) is 11.7. The van der Waals surface area contributed by atoms with Gasteiger partial charge in [-0.15, -0.1) is 32.1 Å². The molecule has 0 radical (unpaired) electrons. The normalized spacial score (nSPS) is 12.8. The lowest BCUT2D eigenvalue weighted by Crippen LogP contribution is -2.41. The number of carbonyl (C=O) groups is 5. The van der Waals surface area contributed by atoms with Crippen molar-refractivity contribution in [3.05, 3.63) is 179 Å². The molecule has 10 heterocycles. The summed E-state index contributed by atoms with van der Waals surface area (Å²) in [6, 6.07) is 17.9. The summed E-state index contributed by atoms with van der Waals surface area (Å²) in [6.07, 6.45) is 62.7. The SMILES string of the molecule is C#CCN(C(=O)C(C)S(C)(=O)=O)c1cn(-c2cccnc2)nc1Cl.C#CCN(C(=O)C(C)S(C)=O)c1cn(-c2cccnc2)nc1Cl.C#CCN(C(=O)CC(SC)C(C)C)c1cn(-c2cccnc2)nc1Cl.C#CCN(C(=O)CC(SC)C1CC1)c1cn(-c2cccnc2)nc1Cl.C#CCN(C(=O)CS(C)=O)c1cn(-c2cccnc2)nc1Cl. The first-order valence-corrected chi connectivity index (χ1v) is 45.5. The number of aromatic nitrogens is 15. The van der Waals surface area contributed by atoms with Crippen LogP contribution in [0.15, 0.2) is 154 Å². The number of sulfone groups is 1. The van der Waals surface area contributed by atoms with Crippen molar-refractivity contribution in [1.29, 1.82) is 0 Å². The standard InChI is InChI=1S/C18H19ClN4OS.C18H21ClN4OS.C15H15ClN4O3S.C15H15ClN4O2S.C14H13ClN4O2S/c1-3-9-22(17(24)10-16(25-2)13-6-7-13)15-12-23(21-18(15)19)14-5-4-8-20-11-14;1-5-9-22(17(24)10-16(25-4)13(2)3)15-12-23(21-18(15)19)14-7-6-8-20-11-14;1-4-8-19(15(21)11(2)24(3,22)23)13-10-20(18-14(13)16)12-6-5-7-17-9-12;1-4-8-19(15(21)11(2)23(3)22)13-10-20(18-14(13)16)12-6-5-7-17-9-12;1-3-7-18(13(20)10-22(2)21)12-9-19(17-14(12)15)11-5-4-6-16-8-11/h1,4-5,8,11-13,16H,6-7,9-10H2,2H3;1,6-8,11-13,16H,9-10H2,2-4H3;1,5-7,9-11H,8H2,2-3H3;1,5-7,9-11H,8H2,2-3H3;1,4-6,8-9H,7,10H2,2H3. The van der Waals surface area contributed by atoms with E-state index in [4.69, 9.17) is 90.1 Å². The molecule has 10 aromatic rings. The van der Waals surface area contributed by atoms with E-state index in [9.17, 15) is 40.8 Å². The molecular formula is C80H83Cl5N20O9S5. The van der Waals surface area contributed by atoms with Crippen LogP contribution in [0.2, 0.25) is 25.8 Å². The quantitative estimate of drug-likeness (QED) is 0.0393. The Balaban J connectivity index is 0.000000205. The topological polar surface area (TPSA) is 323 Å². The second-order valence-corrected chi connectivity index (χ2v) is 35.4. The molecule has 0 aliphatic heterocycles. The Morgan fingerprint density at radius 3 is 1.00 bits per heavy atom. The van der Waals surface area contributed by atoms with Gasteiger partial charge in [0.2, 0.25) is 29.5 Å². The molecule has 119 heavy (non-hydrogen) atoms. The average molecular weight is 1810 g/mol. The Kier molecular flexibility index (Phi) is 37.4. The summed E-state index contributed by atoms with van der Waals surface area (Å²) < 4.78 is 53.8. The van der Waals surface area contributed by atoms with Crippen molar-refractivity contribution in [2.45, 2.75) is 74.4 Å². The fourth-order valence-electron chi connectivity index (χ4n) is 10.8. The summed E-state index contributed by atoms with van der Waals surface area (Å²) >= 11 is 34.4. The van der Waals surface area contributed by atoms with Gasteiger partial charge in [0.05, 0.1) is 123 Å². The van der Waals surface area contributed by atoms with Crippen molar-refractivity contribution in [1.82, 2.24) is 73.8 Å². The maximum Gasteiger partial charge on any atom is 0.246 e. The second-order valence-electron chi connectivity index (χ2n) is 26.0. The van der Waals surface area contributed by atoms with Gasteiger partial charge >= 0.3 is 0 Å². The third-order valence-corrected chi connectivity index (χ3v) is 24.5. The van der Waals surface area contributed by atoms with Crippen LogP contribution in [-0.2, 0) is 55.4 Å². The van der Waals surface area contributed by atoms with Gasteiger partial charge in [-0.1, -0.05) is 101 Å². The molecule has 1 aliphatic carbocycles. The van der Waals surface area contributed by atoms with E-state index in [1.54, 1.807) is 174 Å². The van der Waals surface area contributed by atoms with Crippen molar-refractivity contribution >= 4 is 171 Å². The molecule has 0 bridgehead atoms. The third-order valence-electron chi connectivity index (χ3n) is 17.4. The molecular weight excluding hydrogens is 1720 g/mol. The average Bonchev–Trinajstić information content (AvgIpc) is 1.75. The zero-order valence-corrected chi connectivity index (χ0v) is 73.8. The number of thioether (sulfide) groups is 2. The molecule has 11 rings (SSSR count). The Bertz CT molecular complexity index is 5370. The van der Waals surface area contributed by atoms with E-state index in [1.807, 2.05) is 24.5 Å². The first kappa shape index (κ1) is 95.5. The van der Waals surface area contributed by atoms with Crippen LogP contribution < -0.4 is 24.5 Å². The molecule has 1 fully saturated rings. The van der Waals surface area contributed by atoms with Crippen molar-refractivity contribution in [3.63, 3.8) is 0 Å². The maximum atomic E-state index is 12.8. The molecule has 10 aromatic heterocycles. The van der Waals surface area contributed by atoms with E-state index < -0.39 is 47.8 Å². The zero-order chi connectivity index (χ0) is 87.2. The van der Waals surface area contributed by atoms with Gasteiger partial charge in [0.25, 0.3) is 0 Å². The Morgan fingerprint density at radius 2 is 0.756 bits per heavy atom. The number of hydrogen-bond donors (Lipinski definition) is 0. The maximum absolute atomic E-state index is 12.8. The summed E-state index contributed by atoms with van der Waals surface area (Å²) in [4.78, 5) is 89.8. The van der Waals surface area contributed by atoms with Gasteiger partial charge < -0.3 is 0 Å². The molecule has 1 saturated carbocycles. The monoisotopic (exact) mass is 1800 g/mol. The van der Waals surface area contributed by atoms with E-state index in [1.165, 1.54) is 67.2 Å². The largest absolute Gasteiger partial charge is 0.296 e. The molecule has 622 valence electrons. The molecule has 29 nitrogen and oxygen atoms in total. The van der Waals surface area contributed by atoms with Gasteiger partial charge in [-0.25, -0.2) is 31.8 Å². The molecule has 0 spiro atoms. The number of anilines is 5. The van der Waals surface area contributed by atoms with E-state index in [0.717, 1.165) is 22.5 Å². The number of carbonyl (C=O) groups excluding carboxylic acids is 5. The number of pyridine rings is 5. The lowest BCUT2D eigenvalue weighted by molar-refractivity contribution is -0.119. The lowest BCUT2D eigenvalue weighted by Gasteiger charge is -2.23. The van der Waals surface area contributed by atoms with Crippen molar-refractivity contribution in [3.8, 4) is 90.2 Å². The van der Waals surface area contributed by atoms with E-state index >= 15 is 0 Å². The van der Waals surface area contributed by atoms with Crippen LogP contribution >= 0.6 is 81.5 Å². The van der Waals surface area contributed by atoms with Crippen LogP contribution in [0.25, 0.3) is 28.4 Å².